The third-order valence-electron chi connectivity index (χ3n) is 4.72. The van der Waals surface area contributed by atoms with Crippen LogP contribution in [0.2, 0.25) is 10.0 Å². The number of hydrogen-bond acceptors (Lipinski definition) is 3. The normalized spacial score (nSPS) is 17.0. The van der Waals surface area contributed by atoms with Crippen LogP contribution in [0.5, 0.6) is 0 Å². The van der Waals surface area contributed by atoms with Gasteiger partial charge in [-0.05, 0) is 54.8 Å². The van der Waals surface area contributed by atoms with E-state index in [1.807, 2.05) is 24.3 Å². The number of nitrogens with one attached hydrogen (secondary N) is 1. The van der Waals surface area contributed by atoms with Crippen molar-refractivity contribution in [3.05, 3.63) is 63.6 Å². The van der Waals surface area contributed by atoms with Crippen molar-refractivity contribution in [3.63, 3.8) is 0 Å². The third kappa shape index (κ3) is 5.01. The Kier molecular flexibility index (Phi) is 6.37. The number of anilines is 1. The van der Waals surface area contributed by atoms with E-state index in [0.29, 0.717) is 22.2 Å². The first-order valence-electron chi connectivity index (χ1n) is 8.79. The van der Waals surface area contributed by atoms with Crippen LogP contribution < -0.4 is 11.1 Å². The maximum atomic E-state index is 12.5. The molecular formula is C20H21Cl2N3O2. The van der Waals surface area contributed by atoms with E-state index in [9.17, 15) is 9.59 Å². The number of primary amides is 1. The molecule has 3 rings (SSSR count). The van der Waals surface area contributed by atoms with Gasteiger partial charge >= 0.3 is 0 Å². The number of hydrogen-bond donors (Lipinski definition) is 2. The predicted octanol–water partition coefficient (Wildman–Crippen LogP) is 3.62. The number of carbonyl (C=O) groups excluding carboxylic acids is 2. The van der Waals surface area contributed by atoms with Crippen molar-refractivity contribution in [2.75, 3.05) is 11.9 Å². The number of nitrogens with zero attached hydrogens (tertiary/aromatic N) is 1. The fraction of sp³-hybridized carbons (Fsp3) is 0.300. The summed E-state index contributed by atoms with van der Waals surface area (Å²) >= 11 is 12.1. The molecule has 0 radical (unpaired) electrons. The van der Waals surface area contributed by atoms with Crippen LogP contribution >= 0.6 is 23.2 Å². The predicted molar refractivity (Wildman–Crippen MR) is 108 cm³/mol. The van der Waals surface area contributed by atoms with E-state index >= 15 is 0 Å². The maximum absolute atomic E-state index is 12.5. The first kappa shape index (κ1) is 19.7. The molecule has 1 unspecified atom stereocenters. The molecule has 3 N–H and O–H groups in total. The van der Waals surface area contributed by atoms with Crippen molar-refractivity contribution < 1.29 is 9.59 Å². The fourth-order valence-corrected chi connectivity index (χ4v) is 3.76. The second-order valence-corrected chi connectivity index (χ2v) is 7.49. The van der Waals surface area contributed by atoms with Gasteiger partial charge in [-0.3, -0.25) is 14.5 Å². The zero-order valence-electron chi connectivity index (χ0n) is 14.8. The molecule has 2 amide bonds. The Hall–Kier alpha value is -2.08. The summed E-state index contributed by atoms with van der Waals surface area (Å²) in [7, 11) is 0. The van der Waals surface area contributed by atoms with Crippen LogP contribution in [0.15, 0.2) is 42.5 Å². The molecular weight excluding hydrogens is 385 g/mol. The standard InChI is InChI=1S/C20H21Cl2N3O2/c21-15-7-8-16(22)14(10-15)11-19(26)24-17-5-2-1-4-13(17)12-25-9-3-6-18(25)20(23)27/h1-2,4-5,7-8,10,18H,3,6,9,11-12H2,(H2,23,27)(H,24,26). The van der Waals surface area contributed by atoms with Crippen LogP contribution in [-0.2, 0) is 22.6 Å². The number of nitrogens with two attached hydrogens (primary N) is 1. The van der Waals surface area contributed by atoms with Crippen LogP contribution in [0.25, 0.3) is 0 Å². The zero-order valence-corrected chi connectivity index (χ0v) is 16.3. The lowest BCUT2D eigenvalue weighted by atomic mass is 10.1. The summed E-state index contributed by atoms with van der Waals surface area (Å²) in [6.45, 7) is 1.37. The molecule has 142 valence electrons. The molecule has 7 heteroatoms. The summed E-state index contributed by atoms with van der Waals surface area (Å²) in [4.78, 5) is 26.2. The molecule has 1 heterocycles. The van der Waals surface area contributed by atoms with Gasteiger partial charge in [0.25, 0.3) is 0 Å². The van der Waals surface area contributed by atoms with Gasteiger partial charge in [0.1, 0.15) is 0 Å². The molecule has 0 bridgehead atoms. The highest BCUT2D eigenvalue weighted by Crippen LogP contribution is 2.25. The summed E-state index contributed by atoms with van der Waals surface area (Å²) in [5.41, 5.74) is 7.83. The number of para-hydroxylation sites is 1. The zero-order chi connectivity index (χ0) is 19.4. The van der Waals surface area contributed by atoms with Crippen molar-refractivity contribution >= 4 is 40.7 Å². The average Bonchev–Trinajstić information content (AvgIpc) is 3.08. The highest BCUT2D eigenvalue weighted by molar-refractivity contribution is 6.33. The molecule has 2 aromatic rings. The van der Waals surface area contributed by atoms with E-state index in [0.717, 1.165) is 30.6 Å². The lowest BCUT2D eigenvalue weighted by molar-refractivity contribution is -0.122. The molecule has 1 aliphatic rings. The van der Waals surface area contributed by atoms with Crippen LogP contribution in [0.3, 0.4) is 0 Å². The van der Waals surface area contributed by atoms with Gasteiger partial charge in [0.05, 0.1) is 12.5 Å². The first-order valence-corrected chi connectivity index (χ1v) is 9.54. The maximum Gasteiger partial charge on any atom is 0.234 e. The number of halogens is 2. The molecule has 0 saturated carbocycles. The van der Waals surface area contributed by atoms with E-state index < -0.39 is 0 Å². The van der Waals surface area contributed by atoms with E-state index in [2.05, 4.69) is 10.2 Å². The summed E-state index contributed by atoms with van der Waals surface area (Å²) in [5.74, 6) is -0.482. The smallest absolute Gasteiger partial charge is 0.234 e. The molecule has 27 heavy (non-hydrogen) atoms. The summed E-state index contributed by atoms with van der Waals surface area (Å²) in [5, 5.41) is 3.98. The van der Waals surface area contributed by atoms with Crippen molar-refractivity contribution in [3.8, 4) is 0 Å². The molecule has 1 aliphatic heterocycles. The van der Waals surface area contributed by atoms with Crippen LogP contribution in [0, 0.1) is 0 Å². The minimum atomic E-state index is -0.301. The van der Waals surface area contributed by atoms with E-state index in [-0.39, 0.29) is 24.3 Å². The third-order valence-corrected chi connectivity index (χ3v) is 5.32. The molecule has 0 aliphatic carbocycles. The second-order valence-electron chi connectivity index (χ2n) is 6.65. The Morgan fingerprint density at radius 1 is 1.15 bits per heavy atom. The largest absolute Gasteiger partial charge is 0.368 e. The number of likely N-dealkylation sites (tertiary alicyclic amines) is 1. The fourth-order valence-electron chi connectivity index (χ4n) is 3.38. The summed E-state index contributed by atoms with van der Waals surface area (Å²) in [6, 6.07) is 12.4. The molecule has 0 aromatic heterocycles. The Bertz CT molecular complexity index is 857. The number of amides is 2. The Balaban J connectivity index is 1.71. The minimum absolute atomic E-state index is 0.126. The van der Waals surface area contributed by atoms with Crippen molar-refractivity contribution in [2.45, 2.75) is 31.8 Å². The minimum Gasteiger partial charge on any atom is -0.368 e. The van der Waals surface area contributed by atoms with Crippen LogP contribution in [0.1, 0.15) is 24.0 Å². The van der Waals surface area contributed by atoms with Crippen LogP contribution in [-0.4, -0.2) is 29.3 Å². The molecule has 1 fully saturated rings. The van der Waals surface area contributed by atoms with E-state index in [4.69, 9.17) is 28.9 Å². The lowest BCUT2D eigenvalue weighted by Gasteiger charge is -2.23. The van der Waals surface area contributed by atoms with Crippen LogP contribution in [0.4, 0.5) is 5.69 Å². The van der Waals surface area contributed by atoms with Gasteiger partial charge < -0.3 is 11.1 Å². The Morgan fingerprint density at radius 3 is 2.70 bits per heavy atom. The second kappa shape index (κ2) is 8.74. The molecule has 2 aromatic carbocycles. The molecule has 5 nitrogen and oxygen atoms in total. The van der Waals surface area contributed by atoms with Crippen molar-refractivity contribution in [2.24, 2.45) is 5.73 Å². The molecule has 1 atom stereocenters. The number of rotatable bonds is 6. The number of benzene rings is 2. The van der Waals surface area contributed by atoms with Gasteiger partial charge in [-0.2, -0.15) is 0 Å². The van der Waals surface area contributed by atoms with Gasteiger partial charge in [0.2, 0.25) is 11.8 Å². The highest BCUT2D eigenvalue weighted by atomic mass is 35.5. The first-order chi connectivity index (χ1) is 12.9. The van der Waals surface area contributed by atoms with E-state index in [1.165, 1.54) is 0 Å². The average molecular weight is 406 g/mol. The van der Waals surface area contributed by atoms with E-state index in [1.54, 1.807) is 18.2 Å². The van der Waals surface area contributed by atoms with Gasteiger partial charge in [-0.1, -0.05) is 41.4 Å². The lowest BCUT2D eigenvalue weighted by Crippen LogP contribution is -2.39. The Morgan fingerprint density at radius 2 is 1.93 bits per heavy atom. The van der Waals surface area contributed by atoms with Gasteiger partial charge in [0.15, 0.2) is 0 Å². The highest BCUT2D eigenvalue weighted by Gasteiger charge is 2.29. The monoisotopic (exact) mass is 405 g/mol. The molecule has 0 spiro atoms. The Labute approximate surface area is 168 Å². The summed E-state index contributed by atoms with van der Waals surface area (Å²) in [6.07, 6.45) is 1.84. The SMILES string of the molecule is NC(=O)C1CCCN1Cc1ccccc1NC(=O)Cc1cc(Cl)ccc1Cl. The quantitative estimate of drug-likeness (QED) is 0.770. The number of carbonyl (C=O) groups is 2. The van der Waals surface area contributed by atoms with Crippen molar-refractivity contribution in [1.29, 1.82) is 0 Å². The van der Waals surface area contributed by atoms with Gasteiger partial charge in [-0.15, -0.1) is 0 Å². The van der Waals surface area contributed by atoms with Crippen molar-refractivity contribution in [1.82, 2.24) is 4.90 Å². The topological polar surface area (TPSA) is 75.4 Å². The van der Waals surface area contributed by atoms with Gasteiger partial charge in [-0.25, -0.2) is 0 Å². The molecule has 1 saturated heterocycles. The summed E-state index contributed by atoms with van der Waals surface area (Å²) < 4.78 is 0. The van der Waals surface area contributed by atoms with Gasteiger partial charge in [0, 0.05) is 22.3 Å².